The van der Waals surface area contributed by atoms with Gasteiger partial charge in [0.05, 0.1) is 11.6 Å². The minimum atomic E-state index is -0.733. The maximum absolute atomic E-state index is 13.4. The Morgan fingerprint density at radius 1 is 1.00 bits per heavy atom. The lowest BCUT2D eigenvalue weighted by atomic mass is 9.95. The second-order valence-electron chi connectivity index (χ2n) is 8.07. The molecule has 1 aliphatic rings. The molecule has 1 aliphatic heterocycles. The Balaban J connectivity index is 2.10. The summed E-state index contributed by atoms with van der Waals surface area (Å²) >= 11 is 0. The van der Waals surface area contributed by atoms with Gasteiger partial charge in [0.1, 0.15) is 11.6 Å². The van der Waals surface area contributed by atoms with Crippen LogP contribution < -0.4 is 4.90 Å². The van der Waals surface area contributed by atoms with Crippen molar-refractivity contribution in [2.75, 3.05) is 45.2 Å². The third-order valence-corrected chi connectivity index (χ3v) is 5.78. The fraction of sp³-hybridized carbons (Fsp3) is 0.360. The zero-order valence-corrected chi connectivity index (χ0v) is 19.0. The van der Waals surface area contributed by atoms with Crippen molar-refractivity contribution in [1.82, 2.24) is 9.80 Å². The van der Waals surface area contributed by atoms with E-state index in [9.17, 15) is 19.1 Å². The molecule has 1 heterocycles. The maximum Gasteiger partial charge on any atom is 0.295 e. The molecule has 0 saturated carbocycles. The number of anilines is 1. The maximum atomic E-state index is 13.4. The first-order valence-electron chi connectivity index (χ1n) is 10.8. The van der Waals surface area contributed by atoms with E-state index in [2.05, 4.69) is 18.7 Å². The summed E-state index contributed by atoms with van der Waals surface area (Å²) in [6.07, 6.45) is 0. The van der Waals surface area contributed by atoms with Crippen LogP contribution in [0, 0.1) is 5.82 Å². The van der Waals surface area contributed by atoms with E-state index >= 15 is 0 Å². The summed E-state index contributed by atoms with van der Waals surface area (Å²) < 4.78 is 13.4. The highest BCUT2D eigenvalue weighted by atomic mass is 19.1. The summed E-state index contributed by atoms with van der Waals surface area (Å²) in [6.45, 7) is 6.79. The smallest absolute Gasteiger partial charge is 0.295 e. The molecule has 3 rings (SSSR count). The number of amides is 1. The van der Waals surface area contributed by atoms with Crippen LogP contribution in [-0.4, -0.2) is 66.9 Å². The van der Waals surface area contributed by atoms with Crippen LogP contribution in [0.15, 0.2) is 54.1 Å². The number of aliphatic hydroxyl groups excluding tert-OH is 1. The average molecular weight is 440 g/mol. The van der Waals surface area contributed by atoms with Gasteiger partial charge in [-0.05, 0) is 69.9 Å². The van der Waals surface area contributed by atoms with Crippen LogP contribution in [0.2, 0.25) is 0 Å². The van der Waals surface area contributed by atoms with Crippen LogP contribution in [0.3, 0.4) is 0 Å². The standard InChI is InChI=1S/C25H30FN3O3/c1-5-28(6-2)20-13-9-17(10-14-20)22-21(23(30)18-7-11-19(26)12-8-18)24(31)25(32)29(22)16-15-27(3)4/h7-14,22,30H,5-6,15-16H2,1-4H3/t22-/m1/s1. The second kappa shape index (κ2) is 9.96. The number of hydrogen-bond donors (Lipinski definition) is 1. The number of hydrogen-bond acceptors (Lipinski definition) is 5. The monoisotopic (exact) mass is 439 g/mol. The lowest BCUT2D eigenvalue weighted by Gasteiger charge is -2.27. The molecule has 7 heteroatoms. The minimum absolute atomic E-state index is 0.0240. The third kappa shape index (κ3) is 4.67. The lowest BCUT2D eigenvalue weighted by molar-refractivity contribution is -0.140. The summed E-state index contributed by atoms with van der Waals surface area (Å²) in [4.78, 5) is 31.5. The highest BCUT2D eigenvalue weighted by molar-refractivity contribution is 6.46. The predicted molar refractivity (Wildman–Crippen MR) is 124 cm³/mol. The number of carbonyl (C=O) groups excluding carboxylic acids is 2. The van der Waals surface area contributed by atoms with E-state index in [0.29, 0.717) is 18.7 Å². The third-order valence-electron chi connectivity index (χ3n) is 5.78. The van der Waals surface area contributed by atoms with E-state index in [0.717, 1.165) is 24.3 Å². The first-order chi connectivity index (χ1) is 15.3. The quantitative estimate of drug-likeness (QED) is 0.386. The summed E-state index contributed by atoms with van der Waals surface area (Å²) in [5.41, 5.74) is 2.10. The number of nitrogens with zero attached hydrogens (tertiary/aromatic N) is 3. The van der Waals surface area contributed by atoms with Crippen LogP contribution in [0.1, 0.15) is 31.0 Å². The largest absolute Gasteiger partial charge is 0.507 e. The molecule has 1 saturated heterocycles. The predicted octanol–water partition coefficient (Wildman–Crippen LogP) is 3.66. The van der Waals surface area contributed by atoms with Gasteiger partial charge in [-0.25, -0.2) is 4.39 Å². The summed E-state index contributed by atoms with van der Waals surface area (Å²) in [5.74, 6) is -2.12. The van der Waals surface area contributed by atoms with Gasteiger partial charge in [0.25, 0.3) is 11.7 Å². The van der Waals surface area contributed by atoms with E-state index in [-0.39, 0.29) is 11.3 Å². The van der Waals surface area contributed by atoms with Gasteiger partial charge in [0.15, 0.2) is 0 Å². The summed E-state index contributed by atoms with van der Waals surface area (Å²) in [7, 11) is 3.78. The number of likely N-dealkylation sites (N-methyl/N-ethyl adjacent to an activating group) is 1. The zero-order chi connectivity index (χ0) is 23.4. The van der Waals surface area contributed by atoms with Crippen molar-refractivity contribution in [1.29, 1.82) is 0 Å². The van der Waals surface area contributed by atoms with E-state index in [1.165, 1.54) is 29.2 Å². The molecule has 1 fully saturated rings. The normalized spacial score (nSPS) is 17.9. The average Bonchev–Trinajstić information content (AvgIpc) is 3.03. The molecule has 170 valence electrons. The number of rotatable bonds is 8. The molecule has 1 N–H and O–H groups in total. The number of ketones is 1. The molecule has 0 bridgehead atoms. The van der Waals surface area contributed by atoms with Crippen molar-refractivity contribution in [3.63, 3.8) is 0 Å². The molecule has 32 heavy (non-hydrogen) atoms. The Morgan fingerprint density at radius 3 is 2.12 bits per heavy atom. The number of benzene rings is 2. The number of carbonyl (C=O) groups is 2. The fourth-order valence-electron chi connectivity index (χ4n) is 3.98. The van der Waals surface area contributed by atoms with E-state index in [1.54, 1.807) is 0 Å². The van der Waals surface area contributed by atoms with Crippen LogP contribution in [0.25, 0.3) is 5.76 Å². The Labute approximate surface area is 188 Å². The molecule has 0 aliphatic carbocycles. The van der Waals surface area contributed by atoms with Gasteiger partial charge in [-0.15, -0.1) is 0 Å². The first kappa shape index (κ1) is 23.5. The molecule has 2 aromatic rings. The Morgan fingerprint density at radius 2 is 1.59 bits per heavy atom. The molecule has 1 amide bonds. The molecular weight excluding hydrogens is 409 g/mol. The van der Waals surface area contributed by atoms with Crippen molar-refractivity contribution in [3.05, 3.63) is 71.0 Å². The number of likely N-dealkylation sites (tertiary alicyclic amines) is 1. The lowest BCUT2D eigenvalue weighted by Crippen LogP contribution is -2.35. The summed E-state index contributed by atoms with van der Waals surface area (Å²) in [6, 6.07) is 12.2. The second-order valence-corrected chi connectivity index (χ2v) is 8.07. The number of Topliss-reactive ketones (excluding diaryl/α,β-unsaturated/α-hetero) is 1. The van der Waals surface area contributed by atoms with Crippen molar-refractivity contribution < 1.29 is 19.1 Å². The molecule has 0 radical (unpaired) electrons. The van der Waals surface area contributed by atoms with Gasteiger partial charge in [0.2, 0.25) is 0 Å². The van der Waals surface area contributed by atoms with Crippen LogP contribution >= 0.6 is 0 Å². The van der Waals surface area contributed by atoms with Crippen LogP contribution in [-0.2, 0) is 9.59 Å². The van der Waals surface area contributed by atoms with Crippen LogP contribution in [0.5, 0.6) is 0 Å². The highest BCUT2D eigenvalue weighted by Crippen LogP contribution is 2.39. The van der Waals surface area contributed by atoms with Gasteiger partial charge < -0.3 is 19.8 Å². The number of aliphatic hydroxyl groups is 1. The zero-order valence-electron chi connectivity index (χ0n) is 19.0. The van der Waals surface area contributed by atoms with E-state index in [1.807, 2.05) is 43.3 Å². The minimum Gasteiger partial charge on any atom is -0.507 e. The van der Waals surface area contributed by atoms with Gasteiger partial charge in [-0.1, -0.05) is 12.1 Å². The molecule has 0 spiro atoms. The Kier molecular flexibility index (Phi) is 7.30. The van der Waals surface area contributed by atoms with Crippen molar-refractivity contribution in [3.8, 4) is 0 Å². The Bertz CT molecular complexity index is 996. The first-order valence-corrected chi connectivity index (χ1v) is 10.8. The molecule has 1 atom stereocenters. The molecule has 2 aromatic carbocycles. The topological polar surface area (TPSA) is 64.1 Å². The van der Waals surface area contributed by atoms with Crippen LogP contribution in [0.4, 0.5) is 10.1 Å². The van der Waals surface area contributed by atoms with Gasteiger partial charge in [-0.3, -0.25) is 9.59 Å². The van der Waals surface area contributed by atoms with Crippen molar-refractivity contribution in [2.45, 2.75) is 19.9 Å². The molecular formula is C25H30FN3O3. The van der Waals surface area contributed by atoms with Gasteiger partial charge in [0, 0.05) is 37.4 Å². The Hall–Kier alpha value is -3.19. The molecule has 0 aromatic heterocycles. The van der Waals surface area contributed by atoms with Gasteiger partial charge >= 0.3 is 0 Å². The highest BCUT2D eigenvalue weighted by Gasteiger charge is 2.45. The molecule has 6 nitrogen and oxygen atoms in total. The summed E-state index contributed by atoms with van der Waals surface area (Å²) in [5, 5.41) is 11.0. The number of halogens is 1. The fourth-order valence-corrected chi connectivity index (χ4v) is 3.98. The molecule has 0 unspecified atom stereocenters. The van der Waals surface area contributed by atoms with E-state index in [4.69, 9.17) is 0 Å². The van der Waals surface area contributed by atoms with Gasteiger partial charge in [-0.2, -0.15) is 0 Å². The van der Waals surface area contributed by atoms with Crippen molar-refractivity contribution in [2.24, 2.45) is 0 Å². The van der Waals surface area contributed by atoms with Crippen molar-refractivity contribution >= 4 is 23.1 Å². The van der Waals surface area contributed by atoms with E-state index < -0.39 is 23.5 Å². The SMILES string of the molecule is CCN(CC)c1ccc([C@@H]2C(=C(O)c3ccc(F)cc3)C(=O)C(=O)N2CCN(C)C)cc1.